The van der Waals surface area contributed by atoms with Crippen molar-refractivity contribution in [2.75, 3.05) is 33.2 Å². The van der Waals surface area contributed by atoms with Crippen LogP contribution in [0.15, 0.2) is 29.3 Å². The van der Waals surface area contributed by atoms with Crippen LogP contribution in [0.2, 0.25) is 0 Å². The number of ether oxygens (including phenoxy) is 1. The number of alkyl carbamates (subject to hydrolysis) is 1. The number of aliphatic imine (C=N–C) groups is 1. The summed E-state index contributed by atoms with van der Waals surface area (Å²) in [6.07, 6.45) is 1.29. The molecule has 1 aromatic rings. The lowest BCUT2D eigenvalue weighted by molar-refractivity contribution is -0.130. The zero-order valence-electron chi connectivity index (χ0n) is 18.4. The Hall–Kier alpha value is -2.77. The summed E-state index contributed by atoms with van der Waals surface area (Å²) in [6, 6.07) is 8.27. The molecular formula is C22H33N5O3. The van der Waals surface area contributed by atoms with Crippen LogP contribution in [0.3, 0.4) is 0 Å². The highest BCUT2D eigenvalue weighted by Gasteiger charge is 2.28. The Bertz CT molecular complexity index is 802. The maximum Gasteiger partial charge on any atom is 0.407 e. The summed E-state index contributed by atoms with van der Waals surface area (Å²) in [5.41, 5.74) is 2.03. The number of nitrogens with zero attached hydrogens (tertiary/aromatic N) is 3. The molecule has 1 aromatic carbocycles. The van der Waals surface area contributed by atoms with Crippen LogP contribution in [0, 0.1) is 0 Å². The van der Waals surface area contributed by atoms with Gasteiger partial charge in [-0.25, -0.2) is 4.79 Å². The summed E-state index contributed by atoms with van der Waals surface area (Å²) in [4.78, 5) is 33.0. The second kappa shape index (κ2) is 9.36. The Morgan fingerprint density at radius 2 is 1.90 bits per heavy atom. The SMILES string of the molecule is CN=C(NCC(=O)N1CCc2ccccc2C1)N1CCC(NC(=O)OC(C)(C)C)C1. The van der Waals surface area contributed by atoms with Crippen LogP contribution < -0.4 is 10.6 Å². The van der Waals surface area contributed by atoms with Crippen LogP contribution in [0.25, 0.3) is 0 Å². The molecule has 8 nitrogen and oxygen atoms in total. The molecule has 2 heterocycles. The predicted molar refractivity (Wildman–Crippen MR) is 116 cm³/mol. The summed E-state index contributed by atoms with van der Waals surface area (Å²) in [7, 11) is 1.71. The lowest BCUT2D eigenvalue weighted by Crippen LogP contribution is -2.48. The lowest BCUT2D eigenvalue weighted by atomic mass is 10.00. The monoisotopic (exact) mass is 415 g/mol. The van der Waals surface area contributed by atoms with Gasteiger partial charge in [0.2, 0.25) is 5.91 Å². The smallest absolute Gasteiger partial charge is 0.407 e. The molecule has 1 fully saturated rings. The number of amides is 2. The van der Waals surface area contributed by atoms with Gasteiger partial charge < -0.3 is 25.2 Å². The third kappa shape index (κ3) is 5.87. The predicted octanol–water partition coefficient (Wildman–Crippen LogP) is 1.75. The van der Waals surface area contributed by atoms with Crippen molar-refractivity contribution in [3.63, 3.8) is 0 Å². The molecule has 2 amide bonds. The van der Waals surface area contributed by atoms with Crippen LogP contribution in [-0.4, -0.2) is 72.6 Å². The van der Waals surface area contributed by atoms with E-state index < -0.39 is 11.7 Å². The van der Waals surface area contributed by atoms with Gasteiger partial charge >= 0.3 is 6.09 Å². The van der Waals surface area contributed by atoms with E-state index in [1.807, 2.05) is 37.8 Å². The van der Waals surface area contributed by atoms with Gasteiger partial charge in [0.1, 0.15) is 5.60 Å². The normalized spacial score (nSPS) is 19.3. The van der Waals surface area contributed by atoms with E-state index >= 15 is 0 Å². The van der Waals surface area contributed by atoms with Gasteiger partial charge in [0.25, 0.3) is 0 Å². The van der Waals surface area contributed by atoms with E-state index in [9.17, 15) is 9.59 Å². The average molecular weight is 416 g/mol. The number of carbonyl (C=O) groups is 2. The quantitative estimate of drug-likeness (QED) is 0.580. The third-order valence-electron chi connectivity index (χ3n) is 5.30. The van der Waals surface area contributed by atoms with Crippen molar-refractivity contribution in [2.24, 2.45) is 4.99 Å². The molecule has 0 aromatic heterocycles. The summed E-state index contributed by atoms with van der Waals surface area (Å²) in [5, 5.41) is 6.09. The first-order valence-corrected chi connectivity index (χ1v) is 10.5. The Morgan fingerprint density at radius 3 is 2.60 bits per heavy atom. The molecule has 2 N–H and O–H groups in total. The minimum absolute atomic E-state index is 0.00676. The number of likely N-dealkylation sites (tertiary alicyclic amines) is 1. The number of nitrogens with one attached hydrogen (secondary N) is 2. The Morgan fingerprint density at radius 1 is 1.17 bits per heavy atom. The van der Waals surface area contributed by atoms with E-state index in [1.165, 1.54) is 11.1 Å². The molecule has 2 aliphatic heterocycles. The van der Waals surface area contributed by atoms with E-state index in [4.69, 9.17) is 4.74 Å². The van der Waals surface area contributed by atoms with Gasteiger partial charge in [-0.2, -0.15) is 0 Å². The standard InChI is InChI=1S/C22H33N5O3/c1-22(2,3)30-21(29)25-18-10-12-27(15-18)20(23-4)24-13-19(28)26-11-9-16-7-5-6-8-17(16)14-26/h5-8,18H,9-15H2,1-4H3,(H,23,24)(H,25,29). The molecule has 1 saturated heterocycles. The van der Waals surface area contributed by atoms with Crippen LogP contribution in [0.1, 0.15) is 38.3 Å². The summed E-state index contributed by atoms with van der Waals surface area (Å²) >= 11 is 0. The van der Waals surface area contributed by atoms with E-state index in [0.29, 0.717) is 19.0 Å². The van der Waals surface area contributed by atoms with Gasteiger partial charge in [-0.05, 0) is 44.7 Å². The molecule has 0 aliphatic carbocycles. The van der Waals surface area contributed by atoms with Crippen molar-refractivity contribution in [1.29, 1.82) is 0 Å². The highest BCUT2D eigenvalue weighted by Crippen LogP contribution is 2.18. The minimum Gasteiger partial charge on any atom is -0.444 e. The highest BCUT2D eigenvalue weighted by atomic mass is 16.6. The molecule has 0 bridgehead atoms. The van der Waals surface area contributed by atoms with Crippen molar-refractivity contribution < 1.29 is 14.3 Å². The Kier molecular flexibility index (Phi) is 6.84. The van der Waals surface area contributed by atoms with E-state index in [1.54, 1.807) is 7.05 Å². The molecule has 164 valence electrons. The van der Waals surface area contributed by atoms with Crippen molar-refractivity contribution in [2.45, 2.75) is 51.8 Å². The fourth-order valence-electron chi connectivity index (χ4n) is 3.85. The van der Waals surface area contributed by atoms with Crippen LogP contribution in [0.5, 0.6) is 0 Å². The summed E-state index contributed by atoms with van der Waals surface area (Å²) in [6.45, 7) is 8.51. The van der Waals surface area contributed by atoms with Gasteiger partial charge in [-0.3, -0.25) is 9.79 Å². The van der Waals surface area contributed by atoms with Gasteiger partial charge in [0, 0.05) is 33.2 Å². The van der Waals surface area contributed by atoms with Gasteiger partial charge in [0.15, 0.2) is 5.96 Å². The zero-order chi connectivity index (χ0) is 21.7. The topological polar surface area (TPSA) is 86.3 Å². The summed E-state index contributed by atoms with van der Waals surface area (Å²) < 4.78 is 5.33. The zero-order valence-corrected chi connectivity index (χ0v) is 18.4. The molecule has 30 heavy (non-hydrogen) atoms. The molecule has 0 saturated carbocycles. The highest BCUT2D eigenvalue weighted by molar-refractivity contribution is 5.86. The average Bonchev–Trinajstić information content (AvgIpc) is 3.14. The van der Waals surface area contributed by atoms with Crippen molar-refractivity contribution >= 4 is 18.0 Å². The molecule has 0 radical (unpaired) electrons. The molecule has 0 spiro atoms. The molecule has 1 unspecified atom stereocenters. The van der Waals surface area contributed by atoms with Crippen LogP contribution in [0.4, 0.5) is 4.79 Å². The molecule has 1 atom stereocenters. The fourth-order valence-corrected chi connectivity index (χ4v) is 3.85. The lowest BCUT2D eigenvalue weighted by Gasteiger charge is -2.29. The number of carbonyl (C=O) groups excluding carboxylic acids is 2. The van der Waals surface area contributed by atoms with E-state index in [0.717, 1.165) is 25.9 Å². The Balaban J connectivity index is 1.46. The maximum absolute atomic E-state index is 12.7. The number of hydrogen-bond donors (Lipinski definition) is 2. The third-order valence-corrected chi connectivity index (χ3v) is 5.30. The maximum atomic E-state index is 12.7. The molecular weight excluding hydrogens is 382 g/mol. The number of hydrogen-bond acceptors (Lipinski definition) is 4. The van der Waals surface area contributed by atoms with Crippen molar-refractivity contribution in [1.82, 2.24) is 20.4 Å². The number of fused-ring (bicyclic) bond motifs is 1. The van der Waals surface area contributed by atoms with Gasteiger partial charge in [-0.15, -0.1) is 0 Å². The molecule has 2 aliphatic rings. The van der Waals surface area contributed by atoms with E-state index in [-0.39, 0.29) is 18.5 Å². The second-order valence-corrected chi connectivity index (χ2v) is 8.81. The van der Waals surface area contributed by atoms with Crippen LogP contribution >= 0.6 is 0 Å². The fraction of sp³-hybridized carbons (Fsp3) is 0.591. The first-order valence-electron chi connectivity index (χ1n) is 10.5. The molecule has 8 heteroatoms. The van der Waals surface area contributed by atoms with Gasteiger partial charge in [0.05, 0.1) is 12.6 Å². The van der Waals surface area contributed by atoms with Gasteiger partial charge in [-0.1, -0.05) is 24.3 Å². The first kappa shape index (κ1) is 21.9. The van der Waals surface area contributed by atoms with Crippen molar-refractivity contribution in [3.8, 4) is 0 Å². The largest absolute Gasteiger partial charge is 0.444 e. The van der Waals surface area contributed by atoms with Crippen LogP contribution in [-0.2, 0) is 22.5 Å². The summed E-state index contributed by atoms with van der Waals surface area (Å²) in [5.74, 6) is 0.738. The Labute approximate surface area is 178 Å². The number of benzene rings is 1. The van der Waals surface area contributed by atoms with Crippen molar-refractivity contribution in [3.05, 3.63) is 35.4 Å². The van der Waals surface area contributed by atoms with E-state index in [2.05, 4.69) is 32.7 Å². The second-order valence-electron chi connectivity index (χ2n) is 8.81. The molecule has 3 rings (SSSR count). The first-order chi connectivity index (χ1) is 14.2. The minimum atomic E-state index is -0.519. The number of guanidine groups is 1. The number of rotatable bonds is 3.